The second-order valence-corrected chi connectivity index (χ2v) is 14.9. The maximum absolute atomic E-state index is 17.2. The number of piperidine rings is 1. The number of aliphatic hydroxyl groups is 1. The molecule has 0 saturated carbocycles. The van der Waals surface area contributed by atoms with Crippen molar-refractivity contribution < 1.29 is 32.8 Å². The van der Waals surface area contributed by atoms with Crippen molar-refractivity contribution in [3.05, 3.63) is 47.7 Å². The summed E-state index contributed by atoms with van der Waals surface area (Å²) < 4.78 is 55.8. The van der Waals surface area contributed by atoms with Crippen LogP contribution in [0.5, 0.6) is 11.8 Å². The van der Waals surface area contributed by atoms with Crippen LogP contribution in [-0.2, 0) is 15.9 Å². The van der Waals surface area contributed by atoms with Crippen LogP contribution in [0.3, 0.4) is 0 Å². The zero-order valence-electron chi connectivity index (χ0n) is 30.3. The van der Waals surface area contributed by atoms with Crippen LogP contribution >= 0.6 is 0 Å². The lowest BCUT2D eigenvalue weighted by Crippen LogP contribution is -2.48. The number of hydrogen-bond donors (Lipinski definition) is 1. The number of ether oxygens (including phenoxy) is 4. The summed E-state index contributed by atoms with van der Waals surface area (Å²) in [7, 11) is 1.52. The van der Waals surface area contributed by atoms with Crippen LogP contribution in [0, 0.1) is 11.6 Å². The van der Waals surface area contributed by atoms with E-state index in [0.717, 1.165) is 38.6 Å². The molecule has 3 aliphatic rings. The van der Waals surface area contributed by atoms with Gasteiger partial charge in [0.25, 0.3) is 0 Å². The van der Waals surface area contributed by atoms with Gasteiger partial charge in [0.05, 0.1) is 29.2 Å². The molecule has 0 unspecified atom stereocenters. The van der Waals surface area contributed by atoms with Crippen molar-refractivity contribution in [3.8, 4) is 23.0 Å². The first-order chi connectivity index (χ1) is 24.5. The van der Waals surface area contributed by atoms with Gasteiger partial charge in [-0.3, -0.25) is 9.88 Å². The largest absolute Gasteiger partial charge is 0.468 e. The van der Waals surface area contributed by atoms with E-state index in [1.807, 2.05) is 11.8 Å². The average Bonchev–Trinajstić information content (AvgIpc) is 3.67. The van der Waals surface area contributed by atoms with E-state index in [0.29, 0.717) is 84.0 Å². The molecule has 3 fully saturated rings. The number of methoxy groups -OCH3 is 1. The molecular weight excluding hydrogens is 656 g/mol. The molecule has 0 amide bonds. The molecule has 12 heteroatoms. The monoisotopic (exact) mass is 705 g/mol. The van der Waals surface area contributed by atoms with Gasteiger partial charge in [-0.1, -0.05) is 13.0 Å². The van der Waals surface area contributed by atoms with Crippen LogP contribution < -0.4 is 14.4 Å². The summed E-state index contributed by atoms with van der Waals surface area (Å²) in [6.07, 6.45) is 7.58. The summed E-state index contributed by atoms with van der Waals surface area (Å²) >= 11 is 0. The molecular formula is C39H49F2N5O5. The Morgan fingerprint density at radius 3 is 2.65 bits per heavy atom. The molecule has 2 aromatic heterocycles. The standard InChI is InChI=1S/C39H49F2N5O5/c1-6-28-31(40)10-9-25-17-27(51-23-48-5)18-29(32(25)28)34-33(41)35-30(19-42-34)36(45-15-7-12-38(4,47)21-45)44-37(43-35)50-22-39-13-8-16-46(39)26(11-14-39)20-49-24(2)3/h9-10,17-19,24,26,47H,6-8,11-16,20-23H2,1-5H3/t26-,38+,39-/m0/s1. The van der Waals surface area contributed by atoms with Gasteiger partial charge in [0.15, 0.2) is 12.6 Å². The Morgan fingerprint density at radius 2 is 1.88 bits per heavy atom. The van der Waals surface area contributed by atoms with Gasteiger partial charge < -0.3 is 29.0 Å². The van der Waals surface area contributed by atoms with Crippen molar-refractivity contribution in [1.82, 2.24) is 19.9 Å². The lowest BCUT2D eigenvalue weighted by molar-refractivity contribution is 0.0133. The van der Waals surface area contributed by atoms with Crippen molar-refractivity contribution in [2.45, 2.75) is 95.9 Å². The summed E-state index contributed by atoms with van der Waals surface area (Å²) in [6.45, 7) is 10.8. The molecule has 4 aromatic rings. The van der Waals surface area contributed by atoms with Gasteiger partial charge in [0, 0.05) is 38.0 Å². The molecule has 3 saturated heterocycles. The van der Waals surface area contributed by atoms with E-state index in [9.17, 15) is 5.11 Å². The number of pyridine rings is 1. The number of β-amino-alcohol motifs (C(OH)–C–C–N with tert-alkyl or cyclic N) is 1. The van der Waals surface area contributed by atoms with Crippen LogP contribution in [0.2, 0.25) is 0 Å². The van der Waals surface area contributed by atoms with Gasteiger partial charge >= 0.3 is 6.01 Å². The zero-order chi connectivity index (χ0) is 35.9. The molecule has 0 spiro atoms. The van der Waals surface area contributed by atoms with Crippen molar-refractivity contribution in [3.63, 3.8) is 0 Å². The van der Waals surface area contributed by atoms with Gasteiger partial charge in [-0.2, -0.15) is 9.97 Å². The first-order valence-electron chi connectivity index (χ1n) is 18.2. The zero-order valence-corrected chi connectivity index (χ0v) is 30.3. The Labute approximate surface area is 298 Å². The van der Waals surface area contributed by atoms with E-state index in [2.05, 4.69) is 23.7 Å². The quantitative estimate of drug-likeness (QED) is 0.158. The van der Waals surface area contributed by atoms with E-state index < -0.39 is 11.4 Å². The summed E-state index contributed by atoms with van der Waals surface area (Å²) in [6, 6.07) is 6.94. The molecule has 51 heavy (non-hydrogen) atoms. The number of fused-ring (bicyclic) bond motifs is 3. The highest BCUT2D eigenvalue weighted by molar-refractivity contribution is 6.01. The summed E-state index contributed by atoms with van der Waals surface area (Å²) in [5.74, 6) is -0.147. The number of aryl methyl sites for hydroxylation is 1. The van der Waals surface area contributed by atoms with Crippen molar-refractivity contribution in [1.29, 1.82) is 0 Å². The third-order valence-corrected chi connectivity index (χ3v) is 10.8. The summed E-state index contributed by atoms with van der Waals surface area (Å²) in [5.41, 5.74) is -0.196. The minimum absolute atomic E-state index is 0.0122. The second-order valence-electron chi connectivity index (χ2n) is 14.9. The average molecular weight is 706 g/mol. The highest BCUT2D eigenvalue weighted by atomic mass is 19.1. The predicted molar refractivity (Wildman–Crippen MR) is 192 cm³/mol. The Kier molecular flexibility index (Phi) is 10.1. The van der Waals surface area contributed by atoms with Crippen LogP contribution in [-0.4, -0.2) is 95.0 Å². The molecule has 1 N–H and O–H groups in total. The lowest BCUT2D eigenvalue weighted by Gasteiger charge is -2.38. The minimum atomic E-state index is -0.940. The molecule has 274 valence electrons. The molecule has 0 aliphatic carbocycles. The Morgan fingerprint density at radius 1 is 1.06 bits per heavy atom. The van der Waals surface area contributed by atoms with Crippen LogP contribution in [0.25, 0.3) is 32.9 Å². The first kappa shape index (κ1) is 35.7. The summed E-state index contributed by atoms with van der Waals surface area (Å²) in [5, 5.41) is 12.7. The fourth-order valence-electron chi connectivity index (χ4n) is 8.44. The van der Waals surface area contributed by atoms with Crippen molar-refractivity contribution in [2.75, 3.05) is 51.7 Å². The maximum Gasteiger partial charge on any atom is 0.319 e. The van der Waals surface area contributed by atoms with E-state index >= 15 is 8.78 Å². The number of rotatable bonds is 12. The molecule has 5 heterocycles. The van der Waals surface area contributed by atoms with Crippen LogP contribution in [0.15, 0.2) is 30.5 Å². The summed E-state index contributed by atoms with van der Waals surface area (Å²) in [4.78, 5) is 18.7. The smallest absolute Gasteiger partial charge is 0.319 e. The molecule has 10 nitrogen and oxygen atoms in total. The Balaban J connectivity index is 1.33. The number of anilines is 1. The topological polar surface area (TPSA) is 102 Å². The number of aromatic nitrogens is 3. The second kappa shape index (κ2) is 14.4. The number of halogens is 2. The minimum Gasteiger partial charge on any atom is -0.468 e. The van der Waals surface area contributed by atoms with Crippen molar-refractivity contribution in [2.24, 2.45) is 0 Å². The molecule has 2 aromatic carbocycles. The fourth-order valence-corrected chi connectivity index (χ4v) is 8.44. The lowest BCUT2D eigenvalue weighted by atomic mass is 9.94. The van der Waals surface area contributed by atoms with Crippen molar-refractivity contribution >= 4 is 27.5 Å². The van der Waals surface area contributed by atoms with E-state index in [1.165, 1.54) is 13.2 Å². The normalized spacial score (nSPS) is 23.9. The van der Waals surface area contributed by atoms with Gasteiger partial charge in [0.1, 0.15) is 35.2 Å². The van der Waals surface area contributed by atoms with Gasteiger partial charge in [-0.25, -0.2) is 8.78 Å². The van der Waals surface area contributed by atoms with Crippen LogP contribution in [0.4, 0.5) is 14.6 Å². The molecule has 3 aliphatic heterocycles. The number of hydrogen-bond acceptors (Lipinski definition) is 10. The predicted octanol–water partition coefficient (Wildman–Crippen LogP) is 6.82. The third-order valence-electron chi connectivity index (χ3n) is 10.8. The Hall–Kier alpha value is -3.71. The van der Waals surface area contributed by atoms with Gasteiger partial charge in [-0.15, -0.1) is 0 Å². The maximum atomic E-state index is 17.2. The van der Waals surface area contributed by atoms with Crippen LogP contribution in [0.1, 0.15) is 71.8 Å². The highest BCUT2D eigenvalue weighted by Gasteiger charge is 2.50. The number of nitrogens with zero attached hydrogens (tertiary/aromatic N) is 5. The first-order valence-corrected chi connectivity index (χ1v) is 18.2. The number of benzene rings is 2. The SMILES string of the molecule is CCc1c(F)ccc2cc(OCOC)cc(-c3ncc4c(N5CCC[C@@](C)(O)C5)nc(OC[C@@]56CCCN5[C@H](COC(C)C)CC6)nc4c3F)c12. The van der Waals surface area contributed by atoms with E-state index in [-0.39, 0.29) is 41.5 Å². The third kappa shape index (κ3) is 6.95. The molecule has 7 rings (SSSR count). The van der Waals surface area contributed by atoms with Gasteiger partial charge in [-0.05, 0) is 107 Å². The Bertz CT molecular complexity index is 1910. The highest BCUT2D eigenvalue weighted by Crippen LogP contribution is 2.44. The van der Waals surface area contributed by atoms with Gasteiger partial charge in [0.2, 0.25) is 0 Å². The molecule has 0 bridgehead atoms. The van der Waals surface area contributed by atoms with E-state index in [4.69, 9.17) is 28.9 Å². The molecule has 3 atom stereocenters. The molecule has 0 radical (unpaired) electrons. The van der Waals surface area contributed by atoms with E-state index in [1.54, 1.807) is 31.3 Å². The fraction of sp³-hybridized carbons (Fsp3) is 0.564.